The van der Waals surface area contributed by atoms with Crippen molar-refractivity contribution in [2.45, 2.75) is 18.7 Å². The molecular formula is C26H29N3O5S. The summed E-state index contributed by atoms with van der Waals surface area (Å²) in [5, 5.41) is 9.87. The van der Waals surface area contributed by atoms with Gasteiger partial charge in [0, 0.05) is 31.9 Å². The molecule has 4 rings (SSSR count). The first-order valence-electron chi connectivity index (χ1n) is 11.3. The van der Waals surface area contributed by atoms with E-state index in [1.54, 1.807) is 37.4 Å². The van der Waals surface area contributed by atoms with Crippen molar-refractivity contribution in [2.24, 2.45) is 0 Å². The molecule has 1 saturated heterocycles. The monoisotopic (exact) mass is 495 g/mol. The van der Waals surface area contributed by atoms with Gasteiger partial charge in [0.25, 0.3) is 10.0 Å². The van der Waals surface area contributed by atoms with Gasteiger partial charge in [-0.2, -0.15) is 0 Å². The fraction of sp³-hybridized carbons (Fsp3) is 0.269. The van der Waals surface area contributed by atoms with Crippen molar-refractivity contribution in [3.05, 3.63) is 77.4 Å². The molecule has 3 aromatic carbocycles. The summed E-state index contributed by atoms with van der Waals surface area (Å²) in [4.78, 5) is 16.4. The number of benzene rings is 3. The summed E-state index contributed by atoms with van der Waals surface area (Å²) in [6, 6.07) is 17.4. The molecule has 0 unspecified atom stereocenters. The number of aryl methyl sites for hydroxylation is 2. The van der Waals surface area contributed by atoms with Crippen LogP contribution in [0.3, 0.4) is 0 Å². The largest absolute Gasteiger partial charge is 0.495 e. The Morgan fingerprint density at radius 3 is 2.17 bits per heavy atom. The number of nitrogens with zero attached hydrogens (tertiary/aromatic N) is 2. The predicted molar refractivity (Wildman–Crippen MR) is 138 cm³/mol. The second-order valence-electron chi connectivity index (χ2n) is 8.53. The average molecular weight is 496 g/mol. The van der Waals surface area contributed by atoms with Crippen molar-refractivity contribution in [1.82, 2.24) is 0 Å². The van der Waals surface area contributed by atoms with Crippen molar-refractivity contribution in [3.8, 4) is 5.75 Å². The summed E-state index contributed by atoms with van der Waals surface area (Å²) in [7, 11) is -2.21. The Morgan fingerprint density at radius 1 is 0.886 bits per heavy atom. The summed E-state index contributed by atoms with van der Waals surface area (Å²) < 4.78 is 33.7. The van der Waals surface area contributed by atoms with Crippen molar-refractivity contribution in [3.63, 3.8) is 0 Å². The molecule has 3 aromatic rings. The van der Waals surface area contributed by atoms with Crippen LogP contribution in [-0.4, -0.2) is 52.8 Å². The fourth-order valence-electron chi connectivity index (χ4n) is 4.22. The van der Waals surface area contributed by atoms with Gasteiger partial charge in [0.1, 0.15) is 5.75 Å². The molecule has 9 heteroatoms. The van der Waals surface area contributed by atoms with Crippen molar-refractivity contribution < 1.29 is 23.1 Å². The second kappa shape index (κ2) is 9.87. The van der Waals surface area contributed by atoms with Crippen LogP contribution in [0.25, 0.3) is 0 Å². The van der Waals surface area contributed by atoms with E-state index in [0.717, 1.165) is 22.6 Å². The lowest BCUT2D eigenvalue weighted by atomic mass is 10.1. The van der Waals surface area contributed by atoms with E-state index < -0.39 is 16.0 Å². The molecule has 1 heterocycles. The number of carbonyl (C=O) groups is 1. The molecule has 184 valence electrons. The highest BCUT2D eigenvalue weighted by atomic mass is 32.2. The topological polar surface area (TPSA) is 99.2 Å². The molecule has 0 atom stereocenters. The van der Waals surface area contributed by atoms with Crippen LogP contribution in [0.1, 0.15) is 21.5 Å². The zero-order valence-corrected chi connectivity index (χ0v) is 20.8. The minimum atomic E-state index is -3.85. The van der Waals surface area contributed by atoms with Gasteiger partial charge in [-0.3, -0.25) is 4.72 Å². The van der Waals surface area contributed by atoms with Crippen LogP contribution in [0.5, 0.6) is 5.75 Å². The highest BCUT2D eigenvalue weighted by Crippen LogP contribution is 2.31. The number of carboxylic acid groups (broad SMARTS) is 1. The summed E-state index contributed by atoms with van der Waals surface area (Å²) in [6.07, 6.45) is 0. The van der Waals surface area contributed by atoms with E-state index in [4.69, 9.17) is 4.74 Å². The lowest BCUT2D eigenvalue weighted by molar-refractivity contribution is 0.0697. The second-order valence-corrected chi connectivity index (χ2v) is 10.2. The standard InChI is InChI=1S/C26H29N3O5S/c1-18-8-10-21(16-19(18)2)35(32,33)27-20-9-11-23(22(17-20)26(30)31)28-12-14-29(15-13-28)24-6-4-5-7-25(24)34-3/h4-11,16-17,27H,12-15H2,1-3H3,(H,30,31). The molecule has 0 spiro atoms. The number of hydrogen-bond acceptors (Lipinski definition) is 6. The number of para-hydroxylation sites is 2. The summed E-state index contributed by atoms with van der Waals surface area (Å²) in [5.41, 5.74) is 3.68. The van der Waals surface area contributed by atoms with Gasteiger partial charge in [-0.15, -0.1) is 0 Å². The van der Waals surface area contributed by atoms with Crippen LogP contribution in [-0.2, 0) is 10.0 Å². The third kappa shape index (κ3) is 5.19. The van der Waals surface area contributed by atoms with Gasteiger partial charge < -0.3 is 19.6 Å². The molecule has 2 N–H and O–H groups in total. The van der Waals surface area contributed by atoms with Crippen molar-refractivity contribution in [2.75, 3.05) is 47.8 Å². The van der Waals surface area contributed by atoms with Crippen LogP contribution in [0.15, 0.2) is 65.6 Å². The minimum absolute atomic E-state index is 0.0519. The smallest absolute Gasteiger partial charge is 0.337 e. The Bertz CT molecular complexity index is 1350. The Morgan fingerprint density at radius 2 is 1.54 bits per heavy atom. The molecule has 35 heavy (non-hydrogen) atoms. The summed E-state index contributed by atoms with van der Waals surface area (Å²) >= 11 is 0. The molecule has 0 bridgehead atoms. The van der Waals surface area contributed by atoms with E-state index in [0.29, 0.717) is 31.9 Å². The van der Waals surface area contributed by atoms with Crippen molar-refractivity contribution >= 4 is 33.1 Å². The number of sulfonamides is 1. The van der Waals surface area contributed by atoms with Crippen LogP contribution in [0.2, 0.25) is 0 Å². The molecular weight excluding hydrogens is 466 g/mol. The van der Waals surface area contributed by atoms with E-state index >= 15 is 0 Å². The average Bonchev–Trinajstić information content (AvgIpc) is 2.85. The molecule has 0 amide bonds. The van der Waals surface area contributed by atoms with Crippen LogP contribution in [0, 0.1) is 13.8 Å². The number of aromatic carboxylic acids is 1. The van der Waals surface area contributed by atoms with Crippen LogP contribution in [0.4, 0.5) is 17.1 Å². The molecule has 0 aliphatic carbocycles. The normalized spacial score (nSPS) is 14.0. The maximum atomic E-state index is 12.9. The molecule has 0 radical (unpaired) electrons. The van der Waals surface area contributed by atoms with E-state index in [1.165, 1.54) is 6.07 Å². The van der Waals surface area contributed by atoms with E-state index in [9.17, 15) is 18.3 Å². The van der Waals surface area contributed by atoms with Gasteiger partial charge in [0.2, 0.25) is 0 Å². The van der Waals surface area contributed by atoms with E-state index in [1.807, 2.05) is 43.0 Å². The number of hydrogen-bond donors (Lipinski definition) is 2. The maximum absolute atomic E-state index is 12.9. The Hall–Kier alpha value is -3.72. The molecule has 1 aliphatic heterocycles. The Balaban J connectivity index is 1.53. The third-order valence-electron chi connectivity index (χ3n) is 6.31. The Kier molecular flexibility index (Phi) is 6.88. The highest BCUT2D eigenvalue weighted by molar-refractivity contribution is 7.92. The van der Waals surface area contributed by atoms with Gasteiger partial charge in [-0.1, -0.05) is 18.2 Å². The lowest BCUT2D eigenvalue weighted by Gasteiger charge is -2.38. The molecule has 0 saturated carbocycles. The van der Waals surface area contributed by atoms with E-state index in [2.05, 4.69) is 9.62 Å². The van der Waals surface area contributed by atoms with Gasteiger partial charge in [-0.05, 0) is 67.4 Å². The number of rotatable bonds is 7. The third-order valence-corrected chi connectivity index (χ3v) is 7.69. The van der Waals surface area contributed by atoms with Gasteiger partial charge in [-0.25, -0.2) is 13.2 Å². The summed E-state index contributed by atoms with van der Waals surface area (Å²) in [5.74, 6) is -0.313. The zero-order valence-electron chi connectivity index (χ0n) is 20.0. The Labute approximate surface area is 205 Å². The van der Waals surface area contributed by atoms with Crippen molar-refractivity contribution in [1.29, 1.82) is 0 Å². The quantitative estimate of drug-likeness (QED) is 0.508. The lowest BCUT2D eigenvalue weighted by Crippen LogP contribution is -2.47. The first kappa shape index (κ1) is 24.4. The number of ether oxygens (including phenoxy) is 1. The van der Waals surface area contributed by atoms with Crippen LogP contribution >= 0.6 is 0 Å². The number of methoxy groups -OCH3 is 1. The predicted octanol–water partition coefficient (Wildman–Crippen LogP) is 4.14. The first-order chi connectivity index (χ1) is 16.7. The molecule has 8 nitrogen and oxygen atoms in total. The zero-order chi connectivity index (χ0) is 25.2. The molecule has 0 aromatic heterocycles. The van der Waals surface area contributed by atoms with E-state index in [-0.39, 0.29) is 16.1 Å². The number of carboxylic acids is 1. The SMILES string of the molecule is COc1ccccc1N1CCN(c2ccc(NS(=O)(=O)c3ccc(C)c(C)c3)cc2C(=O)O)CC1. The number of nitrogens with one attached hydrogen (secondary N) is 1. The maximum Gasteiger partial charge on any atom is 0.337 e. The fourth-order valence-corrected chi connectivity index (χ4v) is 5.36. The summed E-state index contributed by atoms with van der Waals surface area (Å²) in [6.45, 7) is 6.38. The minimum Gasteiger partial charge on any atom is -0.495 e. The van der Waals surface area contributed by atoms with Gasteiger partial charge in [0.05, 0.1) is 28.9 Å². The molecule has 1 aliphatic rings. The van der Waals surface area contributed by atoms with Gasteiger partial charge in [0.15, 0.2) is 0 Å². The number of anilines is 3. The van der Waals surface area contributed by atoms with Gasteiger partial charge >= 0.3 is 5.97 Å². The highest BCUT2D eigenvalue weighted by Gasteiger charge is 2.24. The molecule has 1 fully saturated rings. The first-order valence-corrected chi connectivity index (χ1v) is 12.8. The van der Waals surface area contributed by atoms with Crippen LogP contribution < -0.4 is 19.3 Å². The number of piperazine rings is 1.